The number of nitrogens with zero attached hydrogens (tertiary/aromatic N) is 3. The van der Waals surface area contributed by atoms with Gasteiger partial charge in [0.05, 0.1) is 37.7 Å². The highest BCUT2D eigenvalue weighted by molar-refractivity contribution is 5.94. The molecule has 30 heavy (non-hydrogen) atoms. The number of carbonyl (C=O) groups excluding carboxylic acids is 1. The van der Waals surface area contributed by atoms with Gasteiger partial charge in [-0.25, -0.2) is 0 Å². The number of benzene rings is 1. The number of ether oxygens (including phenoxy) is 2. The van der Waals surface area contributed by atoms with E-state index in [0.717, 1.165) is 37.4 Å². The number of hydrogen-bond acceptors (Lipinski definition) is 6. The third-order valence-electron chi connectivity index (χ3n) is 6.02. The minimum atomic E-state index is -0.529. The van der Waals surface area contributed by atoms with E-state index < -0.39 is 6.10 Å². The molecule has 1 aromatic heterocycles. The summed E-state index contributed by atoms with van der Waals surface area (Å²) in [6.07, 6.45) is 3.30. The average molecular weight is 412 g/mol. The quantitative estimate of drug-likeness (QED) is 0.783. The van der Waals surface area contributed by atoms with Crippen molar-refractivity contribution in [2.75, 3.05) is 33.3 Å². The molecule has 3 heterocycles. The van der Waals surface area contributed by atoms with Gasteiger partial charge in [0.2, 0.25) is 0 Å². The Morgan fingerprint density at radius 1 is 1.13 bits per heavy atom. The van der Waals surface area contributed by atoms with Crippen LogP contribution in [0.3, 0.4) is 0 Å². The monoisotopic (exact) mass is 411 g/mol. The molecule has 0 unspecified atom stereocenters. The number of amides is 1. The van der Waals surface area contributed by atoms with E-state index in [-0.39, 0.29) is 18.1 Å². The predicted octanol–water partition coefficient (Wildman–Crippen LogP) is 1.96. The summed E-state index contributed by atoms with van der Waals surface area (Å²) in [5.41, 5.74) is 1.56. The fourth-order valence-corrected chi connectivity index (χ4v) is 4.27. The number of likely N-dealkylation sites (tertiary alicyclic amines) is 2. The van der Waals surface area contributed by atoms with Crippen molar-refractivity contribution in [1.82, 2.24) is 14.8 Å². The van der Waals surface area contributed by atoms with Gasteiger partial charge in [0.25, 0.3) is 5.91 Å². The molecule has 2 aliphatic heterocycles. The highest BCUT2D eigenvalue weighted by Gasteiger charge is 2.39. The van der Waals surface area contributed by atoms with Crippen molar-refractivity contribution in [2.24, 2.45) is 0 Å². The van der Waals surface area contributed by atoms with Crippen LogP contribution in [0.1, 0.15) is 28.9 Å². The van der Waals surface area contributed by atoms with Crippen molar-refractivity contribution in [3.8, 4) is 5.75 Å². The summed E-state index contributed by atoms with van der Waals surface area (Å²) in [4.78, 5) is 21.2. The van der Waals surface area contributed by atoms with Crippen LogP contribution in [0, 0.1) is 0 Å². The maximum absolute atomic E-state index is 12.8. The maximum atomic E-state index is 12.8. The largest absolute Gasteiger partial charge is 0.497 e. The minimum absolute atomic E-state index is 0.0241. The van der Waals surface area contributed by atoms with E-state index in [1.807, 2.05) is 18.2 Å². The number of aliphatic hydroxyl groups is 1. The number of carbonyl (C=O) groups is 1. The fraction of sp³-hybridized carbons (Fsp3) is 0.478. The Hall–Kier alpha value is -2.48. The zero-order chi connectivity index (χ0) is 20.9. The molecule has 0 bridgehead atoms. The van der Waals surface area contributed by atoms with Crippen LogP contribution in [0.4, 0.5) is 0 Å². The van der Waals surface area contributed by atoms with Crippen LogP contribution in [0.5, 0.6) is 5.75 Å². The van der Waals surface area contributed by atoms with Gasteiger partial charge in [-0.05, 0) is 49.2 Å². The number of methoxy groups -OCH3 is 1. The van der Waals surface area contributed by atoms with Crippen LogP contribution in [0.2, 0.25) is 0 Å². The lowest BCUT2D eigenvalue weighted by Gasteiger charge is -2.36. The average Bonchev–Trinajstić information content (AvgIpc) is 3.20. The first-order valence-corrected chi connectivity index (χ1v) is 10.5. The van der Waals surface area contributed by atoms with E-state index in [9.17, 15) is 9.90 Å². The first-order valence-electron chi connectivity index (χ1n) is 10.5. The summed E-state index contributed by atoms with van der Waals surface area (Å²) in [5.74, 6) is 0.673. The molecule has 1 aromatic carbocycles. The summed E-state index contributed by atoms with van der Waals surface area (Å²) in [6.45, 7) is 3.16. The second kappa shape index (κ2) is 9.55. The van der Waals surface area contributed by atoms with Crippen molar-refractivity contribution >= 4 is 5.91 Å². The van der Waals surface area contributed by atoms with Gasteiger partial charge in [-0.2, -0.15) is 0 Å². The minimum Gasteiger partial charge on any atom is -0.497 e. The second-order valence-corrected chi connectivity index (χ2v) is 7.94. The first-order chi connectivity index (χ1) is 14.6. The summed E-state index contributed by atoms with van der Waals surface area (Å²) >= 11 is 0. The number of aromatic nitrogens is 1. The topological polar surface area (TPSA) is 75.1 Å². The Balaban J connectivity index is 1.27. The molecular weight excluding hydrogens is 382 g/mol. The molecule has 2 saturated heterocycles. The normalized spacial score (nSPS) is 22.9. The van der Waals surface area contributed by atoms with E-state index in [1.165, 1.54) is 0 Å². The Bertz CT molecular complexity index is 822. The molecule has 2 aromatic rings. The number of rotatable bonds is 6. The molecule has 2 atom stereocenters. The van der Waals surface area contributed by atoms with Crippen molar-refractivity contribution in [1.29, 1.82) is 0 Å². The lowest BCUT2D eigenvalue weighted by Crippen LogP contribution is -2.48. The molecular formula is C23H29N3O4. The van der Waals surface area contributed by atoms with E-state index in [0.29, 0.717) is 25.3 Å². The number of piperidine rings is 1. The van der Waals surface area contributed by atoms with Crippen LogP contribution in [-0.2, 0) is 11.3 Å². The Kier molecular flexibility index (Phi) is 6.62. The maximum Gasteiger partial charge on any atom is 0.254 e. The third kappa shape index (κ3) is 4.80. The van der Waals surface area contributed by atoms with E-state index in [2.05, 4.69) is 9.88 Å². The molecule has 1 amide bonds. The molecule has 4 rings (SSSR count). The fourth-order valence-electron chi connectivity index (χ4n) is 4.27. The van der Waals surface area contributed by atoms with E-state index >= 15 is 0 Å². The molecule has 160 valence electrons. The molecule has 7 heteroatoms. The van der Waals surface area contributed by atoms with Crippen LogP contribution < -0.4 is 4.74 Å². The van der Waals surface area contributed by atoms with Gasteiger partial charge < -0.3 is 19.5 Å². The first kappa shape index (κ1) is 20.8. The van der Waals surface area contributed by atoms with Gasteiger partial charge in [0.1, 0.15) is 5.75 Å². The van der Waals surface area contributed by atoms with Crippen molar-refractivity contribution in [2.45, 2.75) is 37.7 Å². The Morgan fingerprint density at radius 2 is 1.90 bits per heavy atom. The molecule has 1 N–H and O–H groups in total. The Morgan fingerprint density at radius 3 is 2.57 bits per heavy atom. The molecule has 2 fully saturated rings. The van der Waals surface area contributed by atoms with Crippen LogP contribution in [0.15, 0.2) is 48.7 Å². The zero-order valence-corrected chi connectivity index (χ0v) is 17.3. The lowest BCUT2D eigenvalue weighted by molar-refractivity contribution is -0.0222. The highest BCUT2D eigenvalue weighted by Crippen LogP contribution is 2.24. The molecule has 0 aliphatic carbocycles. The third-order valence-corrected chi connectivity index (χ3v) is 6.02. The van der Waals surface area contributed by atoms with Crippen molar-refractivity contribution in [3.63, 3.8) is 0 Å². The van der Waals surface area contributed by atoms with Gasteiger partial charge in [-0.3, -0.25) is 14.7 Å². The summed E-state index contributed by atoms with van der Waals surface area (Å²) in [7, 11) is 1.60. The van der Waals surface area contributed by atoms with Crippen LogP contribution in [0.25, 0.3) is 0 Å². The smallest absolute Gasteiger partial charge is 0.254 e. The standard InChI is InChI=1S/C23H29N3O4/c1-29-19-7-5-17(6-8-19)23(28)26-14-21(22(27)15-26)25-12-9-20(10-13-25)30-16-18-4-2-3-11-24-18/h2-8,11,20-22,27H,9-10,12-16H2,1H3/t21-,22-/m1/s1. The molecule has 0 saturated carbocycles. The summed E-state index contributed by atoms with van der Waals surface area (Å²) in [6, 6.07) is 12.9. The molecule has 0 spiro atoms. The van der Waals surface area contributed by atoms with Gasteiger partial charge in [0.15, 0.2) is 0 Å². The summed E-state index contributed by atoms with van der Waals surface area (Å²) < 4.78 is 11.2. The number of hydrogen-bond donors (Lipinski definition) is 1. The van der Waals surface area contributed by atoms with Gasteiger partial charge in [0, 0.05) is 37.9 Å². The molecule has 2 aliphatic rings. The van der Waals surface area contributed by atoms with E-state index in [4.69, 9.17) is 9.47 Å². The van der Waals surface area contributed by atoms with Crippen LogP contribution >= 0.6 is 0 Å². The summed E-state index contributed by atoms with van der Waals surface area (Å²) in [5, 5.41) is 10.6. The number of aliphatic hydroxyl groups excluding tert-OH is 1. The van der Waals surface area contributed by atoms with Crippen LogP contribution in [-0.4, -0.2) is 77.3 Å². The predicted molar refractivity (Wildman–Crippen MR) is 112 cm³/mol. The SMILES string of the molecule is COc1ccc(C(=O)N2C[C@@H](O)[C@H](N3CCC(OCc4ccccn4)CC3)C2)cc1. The number of β-amino-alcohol motifs (C(OH)–C–C–N with tert-alkyl or cyclic N) is 1. The molecule has 7 nitrogen and oxygen atoms in total. The lowest BCUT2D eigenvalue weighted by atomic mass is 10.0. The van der Waals surface area contributed by atoms with E-state index in [1.54, 1.807) is 42.5 Å². The van der Waals surface area contributed by atoms with Gasteiger partial charge in [-0.15, -0.1) is 0 Å². The second-order valence-electron chi connectivity index (χ2n) is 7.94. The van der Waals surface area contributed by atoms with Gasteiger partial charge in [-0.1, -0.05) is 6.07 Å². The Labute approximate surface area is 177 Å². The van der Waals surface area contributed by atoms with Gasteiger partial charge >= 0.3 is 0 Å². The number of pyridine rings is 1. The van der Waals surface area contributed by atoms with Crippen molar-refractivity contribution in [3.05, 3.63) is 59.9 Å². The van der Waals surface area contributed by atoms with Crippen molar-refractivity contribution < 1.29 is 19.4 Å². The highest BCUT2D eigenvalue weighted by atomic mass is 16.5. The zero-order valence-electron chi connectivity index (χ0n) is 17.3. The molecule has 0 radical (unpaired) electrons.